The van der Waals surface area contributed by atoms with E-state index in [1.54, 1.807) is 17.0 Å². The fourth-order valence-corrected chi connectivity index (χ4v) is 5.22. The van der Waals surface area contributed by atoms with Crippen LogP contribution in [-0.4, -0.2) is 57.8 Å². The number of benzene rings is 2. The minimum atomic E-state index is -3.81. The van der Waals surface area contributed by atoms with Crippen LogP contribution in [0.5, 0.6) is 11.5 Å². The second kappa shape index (κ2) is 8.87. The molecule has 0 aromatic heterocycles. The smallest absolute Gasteiger partial charge is 0.255 e. The van der Waals surface area contributed by atoms with Crippen LogP contribution >= 0.6 is 11.8 Å². The largest absolute Gasteiger partial charge is 0.486 e. The van der Waals surface area contributed by atoms with Crippen molar-refractivity contribution in [3.63, 3.8) is 0 Å². The van der Waals surface area contributed by atoms with Crippen molar-refractivity contribution in [3.8, 4) is 11.5 Å². The van der Waals surface area contributed by atoms with E-state index in [0.29, 0.717) is 30.2 Å². The standard InChI is InChI=1S/C21H24N2O5S2/c1-29-20-9-8-16(12-17(20)21(24)23-10-4-5-11-23)30(25,26)22-13-15-14-27-18-6-2-3-7-19(18)28-15/h2-3,6-9,12,15,22H,4-5,10-11,13-14H2,1H3. The highest BCUT2D eigenvalue weighted by Crippen LogP contribution is 2.31. The maximum Gasteiger partial charge on any atom is 0.255 e. The summed E-state index contributed by atoms with van der Waals surface area (Å²) in [4.78, 5) is 15.5. The minimum absolute atomic E-state index is 0.0658. The lowest BCUT2D eigenvalue weighted by Crippen LogP contribution is -2.40. The van der Waals surface area contributed by atoms with Crippen molar-refractivity contribution in [2.75, 3.05) is 32.5 Å². The van der Waals surface area contributed by atoms with Gasteiger partial charge in [0.1, 0.15) is 12.7 Å². The Morgan fingerprint density at radius 3 is 2.63 bits per heavy atom. The van der Waals surface area contributed by atoms with Gasteiger partial charge in [-0.15, -0.1) is 11.8 Å². The first-order valence-corrected chi connectivity index (χ1v) is 12.5. The van der Waals surface area contributed by atoms with Crippen molar-refractivity contribution >= 4 is 27.7 Å². The first-order valence-electron chi connectivity index (χ1n) is 9.83. The van der Waals surface area contributed by atoms with E-state index < -0.39 is 16.1 Å². The molecule has 30 heavy (non-hydrogen) atoms. The second-order valence-electron chi connectivity index (χ2n) is 7.21. The van der Waals surface area contributed by atoms with E-state index in [2.05, 4.69) is 4.72 Å². The first-order chi connectivity index (χ1) is 14.5. The van der Waals surface area contributed by atoms with Crippen LogP contribution in [0.25, 0.3) is 0 Å². The quantitative estimate of drug-likeness (QED) is 0.684. The van der Waals surface area contributed by atoms with Crippen molar-refractivity contribution in [2.45, 2.75) is 28.7 Å². The third-order valence-electron chi connectivity index (χ3n) is 5.17. The van der Waals surface area contributed by atoms with Gasteiger partial charge in [-0.25, -0.2) is 13.1 Å². The van der Waals surface area contributed by atoms with Gasteiger partial charge in [0, 0.05) is 18.0 Å². The summed E-state index contributed by atoms with van der Waals surface area (Å²) in [6, 6.07) is 12.0. The van der Waals surface area contributed by atoms with Crippen LogP contribution in [-0.2, 0) is 10.0 Å². The van der Waals surface area contributed by atoms with Gasteiger partial charge in [-0.3, -0.25) is 4.79 Å². The number of amides is 1. The number of sulfonamides is 1. The zero-order valence-corrected chi connectivity index (χ0v) is 18.3. The fourth-order valence-electron chi connectivity index (χ4n) is 3.56. The number of hydrogen-bond acceptors (Lipinski definition) is 6. The Morgan fingerprint density at radius 2 is 1.90 bits per heavy atom. The zero-order chi connectivity index (χ0) is 21.1. The molecule has 1 fully saturated rings. The number of nitrogens with one attached hydrogen (secondary N) is 1. The van der Waals surface area contributed by atoms with Crippen LogP contribution < -0.4 is 14.2 Å². The lowest BCUT2D eigenvalue weighted by Gasteiger charge is -2.26. The Balaban J connectivity index is 1.48. The van der Waals surface area contributed by atoms with E-state index in [9.17, 15) is 13.2 Å². The number of rotatable bonds is 6. The molecule has 2 heterocycles. The highest BCUT2D eigenvalue weighted by molar-refractivity contribution is 7.98. The van der Waals surface area contributed by atoms with Crippen LogP contribution in [0.2, 0.25) is 0 Å². The molecule has 0 aliphatic carbocycles. The molecule has 9 heteroatoms. The molecule has 2 aliphatic heterocycles. The van der Waals surface area contributed by atoms with Gasteiger partial charge in [-0.2, -0.15) is 0 Å². The summed E-state index contributed by atoms with van der Waals surface area (Å²) in [5.41, 5.74) is 0.429. The number of likely N-dealkylation sites (tertiary alicyclic amines) is 1. The molecule has 2 aliphatic rings. The topological polar surface area (TPSA) is 84.9 Å². The molecule has 7 nitrogen and oxygen atoms in total. The summed E-state index contributed by atoms with van der Waals surface area (Å²) in [6.07, 6.45) is 3.39. The summed E-state index contributed by atoms with van der Waals surface area (Å²) in [5.74, 6) is 1.12. The van der Waals surface area contributed by atoms with Crippen molar-refractivity contribution in [1.29, 1.82) is 0 Å². The summed E-state index contributed by atoms with van der Waals surface area (Å²) >= 11 is 1.43. The maximum atomic E-state index is 12.9. The molecule has 1 unspecified atom stereocenters. The van der Waals surface area contributed by atoms with Gasteiger partial charge in [0.05, 0.1) is 17.0 Å². The van der Waals surface area contributed by atoms with Gasteiger partial charge in [0.25, 0.3) is 5.91 Å². The Bertz CT molecular complexity index is 1040. The van der Waals surface area contributed by atoms with Gasteiger partial charge in [-0.1, -0.05) is 12.1 Å². The van der Waals surface area contributed by atoms with Gasteiger partial charge in [0.2, 0.25) is 10.0 Å². The third kappa shape index (κ3) is 4.43. The molecule has 1 N–H and O–H groups in total. The van der Waals surface area contributed by atoms with E-state index in [1.807, 2.05) is 24.5 Å². The molecule has 0 radical (unpaired) electrons. The average Bonchev–Trinajstić information content (AvgIpc) is 3.31. The molecule has 4 rings (SSSR count). The highest BCUT2D eigenvalue weighted by atomic mass is 32.2. The Kier molecular flexibility index (Phi) is 6.21. The van der Waals surface area contributed by atoms with Crippen molar-refractivity contribution in [3.05, 3.63) is 48.0 Å². The predicted molar refractivity (Wildman–Crippen MR) is 115 cm³/mol. The number of ether oxygens (including phenoxy) is 2. The van der Waals surface area contributed by atoms with E-state index in [0.717, 1.165) is 17.7 Å². The normalized spacial score (nSPS) is 18.4. The van der Waals surface area contributed by atoms with Crippen molar-refractivity contribution in [1.82, 2.24) is 9.62 Å². The minimum Gasteiger partial charge on any atom is -0.486 e. The lowest BCUT2D eigenvalue weighted by molar-refractivity contribution is 0.0789. The molecule has 1 atom stereocenters. The Labute approximate surface area is 180 Å². The molecule has 0 bridgehead atoms. The van der Waals surface area contributed by atoms with E-state index in [4.69, 9.17) is 9.47 Å². The predicted octanol–water partition coefficient (Wildman–Crippen LogP) is 2.76. The van der Waals surface area contributed by atoms with E-state index in [-0.39, 0.29) is 24.0 Å². The van der Waals surface area contributed by atoms with Gasteiger partial charge in [0.15, 0.2) is 11.5 Å². The van der Waals surface area contributed by atoms with Gasteiger partial charge in [-0.05, 0) is 49.4 Å². The number of nitrogens with zero attached hydrogens (tertiary/aromatic N) is 1. The van der Waals surface area contributed by atoms with Crippen molar-refractivity contribution in [2.24, 2.45) is 0 Å². The van der Waals surface area contributed by atoms with E-state index in [1.165, 1.54) is 23.9 Å². The summed E-state index contributed by atoms with van der Waals surface area (Å²) in [6.45, 7) is 1.74. The van der Waals surface area contributed by atoms with E-state index >= 15 is 0 Å². The molecule has 2 aromatic rings. The average molecular weight is 449 g/mol. The summed E-state index contributed by atoms with van der Waals surface area (Å²) in [7, 11) is -3.81. The molecule has 1 amide bonds. The number of fused-ring (bicyclic) bond motifs is 1. The number of para-hydroxylation sites is 2. The molecular weight excluding hydrogens is 424 g/mol. The van der Waals surface area contributed by atoms with Crippen LogP contribution in [0.4, 0.5) is 0 Å². The molecular formula is C21H24N2O5S2. The molecule has 2 aromatic carbocycles. The molecule has 0 spiro atoms. The number of carbonyl (C=O) groups is 1. The Hall–Kier alpha value is -2.23. The summed E-state index contributed by atoms with van der Waals surface area (Å²) < 4.78 is 39.8. The first kappa shape index (κ1) is 21.0. The second-order valence-corrected chi connectivity index (χ2v) is 9.83. The third-order valence-corrected chi connectivity index (χ3v) is 7.39. The van der Waals surface area contributed by atoms with Crippen LogP contribution in [0.3, 0.4) is 0 Å². The summed E-state index contributed by atoms with van der Waals surface area (Å²) in [5, 5.41) is 0. The molecule has 0 saturated carbocycles. The SMILES string of the molecule is CSc1ccc(S(=O)(=O)NCC2COc3ccccc3O2)cc1C(=O)N1CCCC1. The van der Waals surface area contributed by atoms with Crippen LogP contribution in [0.1, 0.15) is 23.2 Å². The number of hydrogen-bond donors (Lipinski definition) is 1. The van der Waals surface area contributed by atoms with Crippen molar-refractivity contribution < 1.29 is 22.7 Å². The van der Waals surface area contributed by atoms with Gasteiger partial charge < -0.3 is 14.4 Å². The monoisotopic (exact) mass is 448 g/mol. The fraction of sp³-hybridized carbons (Fsp3) is 0.381. The number of carbonyl (C=O) groups excluding carboxylic acids is 1. The molecule has 160 valence electrons. The Morgan fingerprint density at radius 1 is 1.17 bits per heavy atom. The lowest BCUT2D eigenvalue weighted by atomic mass is 10.2. The van der Waals surface area contributed by atoms with Gasteiger partial charge >= 0.3 is 0 Å². The van der Waals surface area contributed by atoms with Crippen LogP contribution in [0.15, 0.2) is 52.3 Å². The maximum absolute atomic E-state index is 12.9. The highest BCUT2D eigenvalue weighted by Gasteiger charge is 2.26. The van der Waals surface area contributed by atoms with Crippen LogP contribution in [0, 0.1) is 0 Å². The number of thioether (sulfide) groups is 1. The molecule has 1 saturated heterocycles. The zero-order valence-electron chi connectivity index (χ0n) is 16.7.